The molecule has 2 aromatic rings. The number of H-pyrrole nitrogens is 1. The van der Waals surface area contributed by atoms with Gasteiger partial charge in [-0.3, -0.25) is 4.90 Å². The van der Waals surface area contributed by atoms with E-state index in [1.54, 1.807) is 0 Å². The molecule has 0 radical (unpaired) electrons. The van der Waals surface area contributed by atoms with Crippen LogP contribution in [0, 0.1) is 5.92 Å². The molecule has 3 N–H and O–H groups in total. The monoisotopic (exact) mass is 245 g/mol. The van der Waals surface area contributed by atoms with E-state index in [0.717, 1.165) is 6.54 Å². The average molecular weight is 245 g/mol. The zero-order valence-corrected chi connectivity index (χ0v) is 11.5. The predicted molar refractivity (Wildman–Crippen MR) is 77.4 cm³/mol. The third kappa shape index (κ3) is 2.57. The zero-order chi connectivity index (χ0) is 13.1. The van der Waals surface area contributed by atoms with E-state index < -0.39 is 0 Å². The van der Waals surface area contributed by atoms with Crippen molar-refractivity contribution in [2.24, 2.45) is 11.7 Å². The van der Waals surface area contributed by atoms with Crippen molar-refractivity contribution in [1.82, 2.24) is 9.88 Å². The summed E-state index contributed by atoms with van der Waals surface area (Å²) >= 11 is 0. The van der Waals surface area contributed by atoms with Gasteiger partial charge in [-0.25, -0.2) is 0 Å². The van der Waals surface area contributed by atoms with Gasteiger partial charge < -0.3 is 10.7 Å². The summed E-state index contributed by atoms with van der Waals surface area (Å²) in [5.41, 5.74) is 8.41. The molecule has 0 aliphatic heterocycles. The molecule has 1 atom stereocenters. The summed E-state index contributed by atoms with van der Waals surface area (Å²) in [4.78, 5) is 5.67. The van der Waals surface area contributed by atoms with E-state index in [9.17, 15) is 0 Å². The minimum Gasteiger partial charge on any atom is -0.361 e. The Morgan fingerprint density at radius 1 is 1.28 bits per heavy atom. The van der Waals surface area contributed by atoms with Gasteiger partial charge in [0, 0.05) is 36.2 Å². The van der Waals surface area contributed by atoms with Gasteiger partial charge in [-0.1, -0.05) is 32.0 Å². The summed E-state index contributed by atoms with van der Waals surface area (Å²) in [5, 5.41) is 1.31. The van der Waals surface area contributed by atoms with Crippen molar-refractivity contribution in [2.75, 3.05) is 13.6 Å². The molecule has 0 amide bonds. The van der Waals surface area contributed by atoms with E-state index in [1.807, 2.05) is 0 Å². The molecule has 1 unspecified atom stereocenters. The largest absolute Gasteiger partial charge is 0.361 e. The van der Waals surface area contributed by atoms with Crippen LogP contribution in [0.3, 0.4) is 0 Å². The third-order valence-corrected chi connectivity index (χ3v) is 3.67. The molecule has 3 heteroatoms. The van der Waals surface area contributed by atoms with E-state index >= 15 is 0 Å². The van der Waals surface area contributed by atoms with Crippen LogP contribution in [-0.4, -0.2) is 29.5 Å². The number of fused-ring (bicyclic) bond motifs is 1. The predicted octanol–water partition coefficient (Wildman–Crippen LogP) is 2.58. The van der Waals surface area contributed by atoms with Crippen LogP contribution in [0.25, 0.3) is 10.9 Å². The molecule has 18 heavy (non-hydrogen) atoms. The molecule has 2 rings (SSSR count). The Kier molecular flexibility index (Phi) is 4.04. The lowest BCUT2D eigenvalue weighted by Gasteiger charge is -2.29. The van der Waals surface area contributed by atoms with Crippen molar-refractivity contribution in [3.8, 4) is 0 Å². The Labute approximate surface area is 109 Å². The number of nitrogens with two attached hydrogens (primary N) is 1. The Balaban J connectivity index is 2.18. The average Bonchev–Trinajstić information content (AvgIpc) is 2.73. The molecular formula is C15H23N3. The maximum Gasteiger partial charge on any atom is 0.0457 e. The Hall–Kier alpha value is -1.32. The van der Waals surface area contributed by atoms with Crippen molar-refractivity contribution in [3.05, 3.63) is 36.0 Å². The highest BCUT2D eigenvalue weighted by molar-refractivity contribution is 5.82. The number of nitrogens with one attached hydrogen (secondary N) is 1. The van der Waals surface area contributed by atoms with Crippen LogP contribution in [-0.2, 0) is 6.54 Å². The van der Waals surface area contributed by atoms with Gasteiger partial charge in [0.1, 0.15) is 0 Å². The van der Waals surface area contributed by atoms with Crippen LogP contribution in [0.1, 0.15) is 19.4 Å². The summed E-state index contributed by atoms with van der Waals surface area (Å²) in [6.07, 6.45) is 2.11. The SMILES string of the molecule is CC(C)C(CN)N(C)Cc1c[nH]c2ccccc12. The maximum atomic E-state index is 5.87. The number of nitrogens with zero attached hydrogens (tertiary/aromatic N) is 1. The van der Waals surface area contributed by atoms with Gasteiger partial charge in [0.15, 0.2) is 0 Å². The summed E-state index contributed by atoms with van der Waals surface area (Å²) < 4.78 is 0. The minimum atomic E-state index is 0.429. The Bertz CT molecular complexity index is 501. The van der Waals surface area contributed by atoms with Gasteiger partial charge >= 0.3 is 0 Å². The second-order valence-electron chi connectivity index (χ2n) is 5.32. The highest BCUT2D eigenvalue weighted by Gasteiger charge is 2.17. The number of benzene rings is 1. The summed E-state index contributed by atoms with van der Waals surface area (Å²) in [6, 6.07) is 8.86. The van der Waals surface area contributed by atoms with Crippen molar-refractivity contribution in [1.29, 1.82) is 0 Å². The van der Waals surface area contributed by atoms with E-state index in [1.165, 1.54) is 16.5 Å². The number of para-hydroxylation sites is 1. The van der Waals surface area contributed by atoms with Gasteiger partial charge in [0.05, 0.1) is 0 Å². The van der Waals surface area contributed by atoms with Gasteiger partial charge in [0.25, 0.3) is 0 Å². The minimum absolute atomic E-state index is 0.429. The standard InChI is InChI=1S/C15H23N3/c1-11(2)15(8-16)18(3)10-12-9-17-14-7-5-4-6-13(12)14/h4-7,9,11,15,17H,8,10,16H2,1-3H3. The summed E-state index contributed by atoms with van der Waals surface area (Å²) in [6.45, 7) is 6.09. The van der Waals surface area contributed by atoms with Crippen LogP contribution >= 0.6 is 0 Å². The molecule has 0 saturated carbocycles. The molecular weight excluding hydrogens is 222 g/mol. The first kappa shape index (κ1) is 13.1. The summed E-state index contributed by atoms with van der Waals surface area (Å²) in [7, 11) is 2.15. The van der Waals surface area contributed by atoms with Gasteiger partial charge in [-0.15, -0.1) is 0 Å². The normalized spacial score (nSPS) is 13.7. The second kappa shape index (κ2) is 5.55. The van der Waals surface area contributed by atoms with Gasteiger partial charge in [-0.2, -0.15) is 0 Å². The number of aromatic amines is 1. The zero-order valence-electron chi connectivity index (χ0n) is 11.5. The molecule has 3 nitrogen and oxygen atoms in total. The molecule has 0 fully saturated rings. The first-order valence-electron chi connectivity index (χ1n) is 6.58. The number of aromatic nitrogens is 1. The molecule has 98 valence electrons. The number of likely N-dealkylation sites (N-methyl/N-ethyl adjacent to an activating group) is 1. The molecule has 0 aliphatic rings. The molecule has 0 aliphatic carbocycles. The summed E-state index contributed by atoms with van der Waals surface area (Å²) in [5.74, 6) is 0.574. The van der Waals surface area contributed by atoms with Crippen LogP contribution in [0.15, 0.2) is 30.5 Å². The highest BCUT2D eigenvalue weighted by Crippen LogP contribution is 2.20. The van der Waals surface area contributed by atoms with E-state index in [0.29, 0.717) is 18.5 Å². The lowest BCUT2D eigenvalue weighted by molar-refractivity contribution is 0.190. The third-order valence-electron chi connectivity index (χ3n) is 3.67. The first-order valence-corrected chi connectivity index (χ1v) is 6.58. The fourth-order valence-corrected chi connectivity index (χ4v) is 2.61. The maximum absolute atomic E-state index is 5.87. The smallest absolute Gasteiger partial charge is 0.0457 e. The van der Waals surface area contributed by atoms with E-state index in [2.05, 4.69) is 61.2 Å². The van der Waals surface area contributed by atoms with Crippen LogP contribution in [0.2, 0.25) is 0 Å². The lowest BCUT2D eigenvalue weighted by Crippen LogP contribution is -2.41. The van der Waals surface area contributed by atoms with Crippen molar-refractivity contribution >= 4 is 10.9 Å². The topological polar surface area (TPSA) is 45.0 Å². The van der Waals surface area contributed by atoms with Crippen molar-refractivity contribution in [2.45, 2.75) is 26.4 Å². The van der Waals surface area contributed by atoms with Crippen molar-refractivity contribution < 1.29 is 0 Å². The van der Waals surface area contributed by atoms with Crippen LogP contribution < -0.4 is 5.73 Å². The first-order chi connectivity index (χ1) is 8.63. The number of hydrogen-bond acceptors (Lipinski definition) is 2. The van der Waals surface area contributed by atoms with Crippen molar-refractivity contribution in [3.63, 3.8) is 0 Å². The Morgan fingerprint density at radius 3 is 2.67 bits per heavy atom. The van der Waals surface area contributed by atoms with Gasteiger partial charge in [0.2, 0.25) is 0 Å². The highest BCUT2D eigenvalue weighted by atomic mass is 15.1. The number of rotatable bonds is 5. The molecule has 1 heterocycles. The molecule has 0 spiro atoms. The van der Waals surface area contributed by atoms with Crippen LogP contribution in [0.4, 0.5) is 0 Å². The Morgan fingerprint density at radius 2 is 2.00 bits per heavy atom. The molecule has 1 aromatic heterocycles. The fourth-order valence-electron chi connectivity index (χ4n) is 2.61. The molecule has 0 saturated heterocycles. The van der Waals surface area contributed by atoms with E-state index in [-0.39, 0.29) is 0 Å². The fraction of sp³-hybridized carbons (Fsp3) is 0.467. The second-order valence-corrected chi connectivity index (χ2v) is 5.32. The number of hydrogen-bond donors (Lipinski definition) is 2. The van der Waals surface area contributed by atoms with E-state index in [4.69, 9.17) is 5.73 Å². The molecule has 1 aromatic carbocycles. The van der Waals surface area contributed by atoms with Crippen LogP contribution in [0.5, 0.6) is 0 Å². The van der Waals surface area contributed by atoms with Gasteiger partial charge in [-0.05, 0) is 24.6 Å². The molecule has 0 bridgehead atoms. The lowest BCUT2D eigenvalue weighted by atomic mass is 10.0. The quantitative estimate of drug-likeness (QED) is 0.850.